The van der Waals surface area contributed by atoms with Crippen LogP contribution in [0.15, 0.2) is 36.4 Å². The monoisotopic (exact) mass is 307 g/mol. The summed E-state index contributed by atoms with van der Waals surface area (Å²) in [6.45, 7) is 7.46. The van der Waals surface area contributed by atoms with Gasteiger partial charge in [0.2, 0.25) is 0 Å². The largest absolute Gasteiger partial charge is 0.497 e. The van der Waals surface area contributed by atoms with Crippen molar-refractivity contribution in [1.82, 2.24) is 0 Å². The molecule has 0 bridgehead atoms. The topological polar surface area (TPSA) is 12.5 Å². The molecule has 2 fully saturated rings. The minimum absolute atomic E-state index is 0.596. The molecule has 0 saturated carbocycles. The molecule has 1 aromatic carbocycles. The van der Waals surface area contributed by atoms with Crippen molar-refractivity contribution in [2.45, 2.75) is 17.5 Å². The SMILES string of the molecule is C=C(C)[C@@H]1CN(c2ccc(OC)cc2)[C@@H]1C1SCCS1. The van der Waals surface area contributed by atoms with E-state index in [9.17, 15) is 0 Å². The van der Waals surface area contributed by atoms with Gasteiger partial charge in [-0.15, -0.1) is 23.5 Å². The van der Waals surface area contributed by atoms with Crippen molar-refractivity contribution >= 4 is 29.2 Å². The van der Waals surface area contributed by atoms with E-state index in [-0.39, 0.29) is 0 Å². The quantitative estimate of drug-likeness (QED) is 0.782. The normalized spacial score (nSPS) is 26.4. The lowest BCUT2D eigenvalue weighted by atomic mass is 9.84. The first-order valence-corrected chi connectivity index (χ1v) is 9.10. The molecular weight excluding hydrogens is 286 g/mol. The average Bonchev–Trinajstić information content (AvgIpc) is 2.91. The number of rotatable bonds is 4. The van der Waals surface area contributed by atoms with Crippen LogP contribution in [0.5, 0.6) is 5.75 Å². The fraction of sp³-hybridized carbons (Fsp3) is 0.500. The smallest absolute Gasteiger partial charge is 0.119 e. The summed E-state index contributed by atoms with van der Waals surface area (Å²) < 4.78 is 5.93. The summed E-state index contributed by atoms with van der Waals surface area (Å²) in [5.74, 6) is 4.13. The van der Waals surface area contributed by atoms with E-state index in [1.165, 1.54) is 22.8 Å². The Hall–Kier alpha value is -0.740. The molecule has 108 valence electrons. The summed E-state index contributed by atoms with van der Waals surface area (Å²) in [4.78, 5) is 2.54. The van der Waals surface area contributed by atoms with Gasteiger partial charge in [-0.3, -0.25) is 0 Å². The third-order valence-electron chi connectivity index (χ3n) is 4.13. The van der Waals surface area contributed by atoms with Gasteiger partial charge in [0.1, 0.15) is 5.75 Å². The maximum absolute atomic E-state index is 5.25. The second-order valence-corrected chi connectivity index (χ2v) is 8.20. The van der Waals surface area contributed by atoms with Crippen LogP contribution in [0.4, 0.5) is 5.69 Å². The molecule has 20 heavy (non-hydrogen) atoms. The van der Waals surface area contributed by atoms with Crippen LogP contribution in [-0.2, 0) is 0 Å². The van der Waals surface area contributed by atoms with Crippen LogP contribution >= 0.6 is 23.5 Å². The predicted octanol–water partition coefficient (Wildman–Crippen LogP) is 3.88. The fourth-order valence-corrected chi connectivity index (χ4v) is 6.19. The third-order valence-corrected chi connectivity index (χ3v) is 7.30. The van der Waals surface area contributed by atoms with Gasteiger partial charge in [0.25, 0.3) is 0 Å². The fourth-order valence-electron chi connectivity index (χ4n) is 2.93. The van der Waals surface area contributed by atoms with Crippen LogP contribution in [0.1, 0.15) is 6.92 Å². The molecule has 0 N–H and O–H groups in total. The Balaban J connectivity index is 1.79. The lowest BCUT2D eigenvalue weighted by Gasteiger charge is -2.52. The molecule has 3 rings (SSSR count). The van der Waals surface area contributed by atoms with Gasteiger partial charge < -0.3 is 9.64 Å². The van der Waals surface area contributed by atoms with Crippen molar-refractivity contribution < 1.29 is 4.74 Å². The Labute approximate surface area is 129 Å². The van der Waals surface area contributed by atoms with Crippen molar-refractivity contribution in [3.8, 4) is 5.75 Å². The molecule has 0 amide bonds. The Morgan fingerprint density at radius 1 is 1.25 bits per heavy atom. The van der Waals surface area contributed by atoms with Gasteiger partial charge in [-0.2, -0.15) is 0 Å². The van der Waals surface area contributed by atoms with Gasteiger partial charge in [-0.1, -0.05) is 12.2 Å². The number of ether oxygens (including phenoxy) is 1. The van der Waals surface area contributed by atoms with Gasteiger partial charge >= 0.3 is 0 Å². The number of thioether (sulfide) groups is 2. The minimum atomic E-state index is 0.596. The molecule has 0 radical (unpaired) electrons. The number of nitrogens with zero attached hydrogens (tertiary/aromatic N) is 1. The maximum atomic E-state index is 5.25. The molecule has 2 saturated heterocycles. The van der Waals surface area contributed by atoms with Gasteiger partial charge in [-0.05, 0) is 31.2 Å². The number of methoxy groups -OCH3 is 1. The van der Waals surface area contributed by atoms with E-state index in [0.29, 0.717) is 16.5 Å². The number of hydrogen-bond acceptors (Lipinski definition) is 4. The highest BCUT2D eigenvalue weighted by molar-refractivity contribution is 8.20. The van der Waals surface area contributed by atoms with Crippen molar-refractivity contribution in [1.29, 1.82) is 0 Å². The first-order chi connectivity index (χ1) is 9.70. The van der Waals surface area contributed by atoms with Crippen molar-refractivity contribution in [2.75, 3.05) is 30.1 Å². The van der Waals surface area contributed by atoms with E-state index in [4.69, 9.17) is 4.74 Å². The molecule has 2 heterocycles. The van der Waals surface area contributed by atoms with Crippen LogP contribution in [0, 0.1) is 5.92 Å². The highest BCUT2D eigenvalue weighted by Crippen LogP contribution is 2.46. The number of anilines is 1. The third kappa shape index (κ3) is 2.56. The number of benzene rings is 1. The number of hydrogen-bond donors (Lipinski definition) is 0. The van der Waals surface area contributed by atoms with Crippen molar-refractivity contribution in [3.05, 3.63) is 36.4 Å². The van der Waals surface area contributed by atoms with Gasteiger partial charge in [-0.25, -0.2) is 0 Å². The maximum Gasteiger partial charge on any atom is 0.119 e. The zero-order valence-electron chi connectivity index (χ0n) is 12.0. The summed E-state index contributed by atoms with van der Waals surface area (Å²) in [7, 11) is 1.71. The molecule has 1 aromatic rings. The molecule has 2 aliphatic heterocycles. The van der Waals surface area contributed by atoms with E-state index in [1.54, 1.807) is 7.11 Å². The van der Waals surface area contributed by atoms with Gasteiger partial charge in [0, 0.05) is 29.7 Å². The minimum Gasteiger partial charge on any atom is -0.497 e. The van der Waals surface area contributed by atoms with Gasteiger partial charge in [0.05, 0.1) is 17.7 Å². The molecule has 2 nitrogen and oxygen atoms in total. The molecule has 0 spiro atoms. The predicted molar refractivity (Wildman–Crippen MR) is 91.1 cm³/mol. The van der Waals surface area contributed by atoms with E-state index < -0.39 is 0 Å². The highest BCUT2D eigenvalue weighted by atomic mass is 32.2. The summed E-state index contributed by atoms with van der Waals surface area (Å²) in [5.41, 5.74) is 2.63. The van der Waals surface area contributed by atoms with E-state index >= 15 is 0 Å². The summed E-state index contributed by atoms with van der Waals surface area (Å²) in [6, 6.07) is 9.04. The van der Waals surface area contributed by atoms with E-state index in [2.05, 4.69) is 66.2 Å². The molecule has 0 aromatic heterocycles. The van der Waals surface area contributed by atoms with Crippen LogP contribution in [-0.4, -0.2) is 35.8 Å². The molecule has 4 heteroatoms. The molecule has 0 unspecified atom stereocenters. The zero-order chi connectivity index (χ0) is 14.1. The zero-order valence-corrected chi connectivity index (χ0v) is 13.7. The summed E-state index contributed by atoms with van der Waals surface area (Å²) >= 11 is 4.22. The highest BCUT2D eigenvalue weighted by Gasteiger charge is 2.45. The van der Waals surface area contributed by atoms with Crippen molar-refractivity contribution in [2.24, 2.45) is 5.92 Å². The van der Waals surface area contributed by atoms with Crippen LogP contribution in [0.2, 0.25) is 0 Å². The lowest BCUT2D eigenvalue weighted by molar-refractivity contribution is 0.357. The summed E-state index contributed by atoms with van der Waals surface area (Å²) in [6.07, 6.45) is 0. The molecule has 0 aliphatic carbocycles. The Morgan fingerprint density at radius 3 is 2.45 bits per heavy atom. The summed E-state index contributed by atoms with van der Waals surface area (Å²) in [5, 5.41) is 0. The van der Waals surface area contributed by atoms with Crippen molar-refractivity contribution in [3.63, 3.8) is 0 Å². The molecule has 2 atom stereocenters. The van der Waals surface area contributed by atoms with Crippen LogP contribution in [0.25, 0.3) is 0 Å². The van der Waals surface area contributed by atoms with Crippen LogP contribution < -0.4 is 9.64 Å². The second-order valence-electron chi connectivity index (χ2n) is 5.40. The Bertz CT molecular complexity index is 482. The molecular formula is C16H21NOS2. The lowest BCUT2D eigenvalue weighted by Crippen LogP contribution is -2.60. The Kier molecular flexibility index (Phi) is 4.22. The standard InChI is InChI=1S/C16H21NOS2/c1-11(2)14-10-17(15(14)16-19-8-9-20-16)12-4-6-13(18-3)7-5-12/h4-7,14-16H,1,8-10H2,2-3H3/t14-,15-/m0/s1. The molecule has 2 aliphatic rings. The van der Waals surface area contributed by atoms with E-state index in [0.717, 1.165) is 12.3 Å². The van der Waals surface area contributed by atoms with Crippen LogP contribution in [0.3, 0.4) is 0 Å². The first-order valence-electron chi connectivity index (χ1n) is 7.00. The second kappa shape index (κ2) is 5.94. The Morgan fingerprint density at radius 2 is 1.90 bits per heavy atom. The van der Waals surface area contributed by atoms with Gasteiger partial charge in [0.15, 0.2) is 0 Å². The van der Waals surface area contributed by atoms with E-state index in [1.807, 2.05) is 0 Å². The first kappa shape index (κ1) is 14.2. The average molecular weight is 307 g/mol.